The summed E-state index contributed by atoms with van der Waals surface area (Å²) in [5, 5.41) is 7.77. The molecule has 0 fully saturated rings. The fourth-order valence-electron chi connectivity index (χ4n) is 2.77. The molecule has 2 N–H and O–H groups in total. The van der Waals surface area contributed by atoms with Crippen molar-refractivity contribution in [2.75, 3.05) is 12.3 Å². The number of nitrogens with zero attached hydrogens (tertiary/aromatic N) is 4. The lowest BCUT2D eigenvalue weighted by Crippen LogP contribution is -2.38. The largest absolute Gasteiger partial charge is 0.399 e. The molecule has 1 aromatic heterocycles. The fourth-order valence-corrected chi connectivity index (χ4v) is 4.57. The van der Waals surface area contributed by atoms with Gasteiger partial charge >= 0.3 is 0 Å². The van der Waals surface area contributed by atoms with Gasteiger partial charge in [0.05, 0.1) is 11.4 Å². The lowest BCUT2D eigenvalue weighted by molar-refractivity contribution is 0.335. The molecule has 2 aromatic rings. The minimum Gasteiger partial charge on any atom is -0.399 e. The highest BCUT2D eigenvalue weighted by atomic mass is 32.2. The van der Waals surface area contributed by atoms with Crippen LogP contribution < -0.4 is 5.73 Å². The highest BCUT2D eigenvalue weighted by Gasteiger charge is 2.31. The summed E-state index contributed by atoms with van der Waals surface area (Å²) in [4.78, 5) is 0.338. The lowest BCUT2D eigenvalue weighted by atomic mass is 10.1. The monoisotopic (exact) mass is 307 g/mol. The van der Waals surface area contributed by atoms with Crippen molar-refractivity contribution >= 4 is 15.7 Å². The van der Waals surface area contributed by atoms with E-state index in [1.54, 1.807) is 32.3 Å². The van der Waals surface area contributed by atoms with E-state index in [0.29, 0.717) is 40.6 Å². The Morgan fingerprint density at radius 3 is 2.52 bits per heavy atom. The van der Waals surface area contributed by atoms with Gasteiger partial charge in [-0.05, 0) is 37.1 Å². The van der Waals surface area contributed by atoms with Gasteiger partial charge in [0.15, 0.2) is 0 Å². The molecule has 2 heterocycles. The molecule has 8 heteroatoms. The van der Waals surface area contributed by atoms with E-state index in [1.807, 2.05) is 4.57 Å². The summed E-state index contributed by atoms with van der Waals surface area (Å²) >= 11 is 0. The number of aromatic nitrogens is 3. The second-order valence-electron chi connectivity index (χ2n) is 5.26. The van der Waals surface area contributed by atoms with Crippen LogP contribution in [0.3, 0.4) is 0 Å². The summed E-state index contributed by atoms with van der Waals surface area (Å²) in [6.07, 6.45) is 1.62. The van der Waals surface area contributed by atoms with Crippen LogP contribution in [0, 0.1) is 13.8 Å². The van der Waals surface area contributed by atoms with Gasteiger partial charge in [0.1, 0.15) is 12.2 Å². The molecule has 0 spiro atoms. The predicted octanol–water partition coefficient (Wildman–Crippen LogP) is 0.682. The van der Waals surface area contributed by atoms with Gasteiger partial charge in [-0.15, -0.1) is 10.2 Å². The lowest BCUT2D eigenvalue weighted by Gasteiger charge is -2.27. The minimum atomic E-state index is -3.56. The van der Waals surface area contributed by atoms with Crippen LogP contribution in [0.5, 0.6) is 0 Å². The Morgan fingerprint density at radius 2 is 1.86 bits per heavy atom. The van der Waals surface area contributed by atoms with Crippen LogP contribution in [-0.4, -0.2) is 34.0 Å². The number of hydrogen-bond donors (Lipinski definition) is 1. The van der Waals surface area contributed by atoms with Crippen molar-refractivity contribution < 1.29 is 8.42 Å². The molecule has 0 atom stereocenters. The highest BCUT2D eigenvalue weighted by Crippen LogP contribution is 2.28. The number of nitrogen functional groups attached to an aromatic ring is 1. The SMILES string of the molecule is Cc1cc(N)cc(C)c1S(=O)(=O)N1CCn2cnnc2C1. The van der Waals surface area contributed by atoms with Crippen LogP contribution >= 0.6 is 0 Å². The van der Waals surface area contributed by atoms with E-state index < -0.39 is 10.0 Å². The molecule has 1 aromatic carbocycles. The molecule has 3 rings (SSSR count). The van der Waals surface area contributed by atoms with Crippen LogP contribution in [-0.2, 0) is 23.1 Å². The first-order chi connectivity index (χ1) is 9.89. The third kappa shape index (κ3) is 2.30. The molecule has 0 amide bonds. The molecular weight excluding hydrogens is 290 g/mol. The quantitative estimate of drug-likeness (QED) is 0.823. The number of rotatable bonds is 2. The maximum absolute atomic E-state index is 12.9. The number of hydrogen-bond acceptors (Lipinski definition) is 5. The molecule has 0 saturated heterocycles. The first-order valence-corrected chi connectivity index (χ1v) is 8.07. The summed E-state index contributed by atoms with van der Waals surface area (Å²) in [7, 11) is -3.56. The molecule has 0 saturated carbocycles. The molecule has 7 nitrogen and oxygen atoms in total. The van der Waals surface area contributed by atoms with Crippen molar-refractivity contribution in [1.29, 1.82) is 0 Å². The Bertz CT molecular complexity index is 774. The highest BCUT2D eigenvalue weighted by molar-refractivity contribution is 7.89. The fraction of sp³-hybridized carbons (Fsp3) is 0.385. The first-order valence-electron chi connectivity index (χ1n) is 6.63. The summed E-state index contributed by atoms with van der Waals surface area (Å²) in [5.41, 5.74) is 7.67. The van der Waals surface area contributed by atoms with Crippen molar-refractivity contribution in [3.05, 3.63) is 35.4 Å². The summed E-state index contributed by atoms with van der Waals surface area (Å²) in [6.45, 7) is 4.75. The van der Waals surface area contributed by atoms with Crippen molar-refractivity contribution in [3.63, 3.8) is 0 Å². The number of aryl methyl sites for hydroxylation is 2. The standard InChI is InChI=1S/C13H17N5O2S/c1-9-5-11(14)6-10(2)13(9)21(19,20)18-4-3-17-8-15-16-12(17)7-18/h5-6,8H,3-4,7,14H2,1-2H3. The van der Waals surface area contributed by atoms with E-state index in [4.69, 9.17) is 5.73 Å². The van der Waals surface area contributed by atoms with Gasteiger partial charge in [-0.25, -0.2) is 8.42 Å². The third-order valence-electron chi connectivity index (χ3n) is 3.68. The van der Waals surface area contributed by atoms with E-state index in [9.17, 15) is 8.42 Å². The molecule has 1 aliphatic rings. The topological polar surface area (TPSA) is 94.1 Å². The van der Waals surface area contributed by atoms with Crippen LogP contribution in [0.1, 0.15) is 17.0 Å². The number of benzene rings is 1. The Balaban J connectivity index is 2.03. The summed E-state index contributed by atoms with van der Waals surface area (Å²) < 4.78 is 29.1. The summed E-state index contributed by atoms with van der Waals surface area (Å²) in [6, 6.07) is 3.37. The van der Waals surface area contributed by atoms with Crippen molar-refractivity contribution in [2.45, 2.75) is 31.8 Å². The zero-order valence-corrected chi connectivity index (χ0v) is 12.8. The maximum atomic E-state index is 12.9. The van der Waals surface area contributed by atoms with Crippen molar-refractivity contribution in [2.24, 2.45) is 0 Å². The molecule has 0 aliphatic carbocycles. The minimum absolute atomic E-state index is 0.242. The van der Waals surface area contributed by atoms with E-state index in [-0.39, 0.29) is 6.54 Å². The second-order valence-corrected chi connectivity index (χ2v) is 7.14. The Kier molecular flexibility index (Phi) is 3.22. The van der Waals surface area contributed by atoms with Crippen LogP contribution in [0.4, 0.5) is 5.69 Å². The number of nitrogens with two attached hydrogens (primary N) is 1. The zero-order valence-electron chi connectivity index (χ0n) is 11.9. The molecule has 0 unspecified atom stereocenters. The molecule has 21 heavy (non-hydrogen) atoms. The zero-order chi connectivity index (χ0) is 15.2. The normalized spacial score (nSPS) is 15.9. The third-order valence-corrected chi connectivity index (χ3v) is 5.84. The van der Waals surface area contributed by atoms with Crippen LogP contribution in [0.15, 0.2) is 23.4 Å². The van der Waals surface area contributed by atoms with E-state index in [1.165, 1.54) is 4.31 Å². The van der Waals surface area contributed by atoms with E-state index >= 15 is 0 Å². The van der Waals surface area contributed by atoms with Gasteiger partial charge in [0, 0.05) is 18.8 Å². The van der Waals surface area contributed by atoms with Gasteiger partial charge in [0.25, 0.3) is 0 Å². The van der Waals surface area contributed by atoms with Gasteiger partial charge in [-0.3, -0.25) is 0 Å². The van der Waals surface area contributed by atoms with Crippen LogP contribution in [0.2, 0.25) is 0 Å². The number of anilines is 1. The number of fused-ring (bicyclic) bond motifs is 1. The summed E-state index contributed by atoms with van der Waals surface area (Å²) in [5.74, 6) is 0.663. The Hall–Kier alpha value is -1.93. The molecular formula is C13H17N5O2S. The van der Waals surface area contributed by atoms with Gasteiger partial charge in [-0.1, -0.05) is 0 Å². The Labute approximate surface area is 123 Å². The second kappa shape index (κ2) is 4.81. The van der Waals surface area contributed by atoms with Gasteiger partial charge < -0.3 is 10.3 Å². The predicted molar refractivity (Wildman–Crippen MR) is 77.9 cm³/mol. The van der Waals surface area contributed by atoms with Crippen LogP contribution in [0.25, 0.3) is 0 Å². The van der Waals surface area contributed by atoms with E-state index in [2.05, 4.69) is 10.2 Å². The molecule has 112 valence electrons. The number of sulfonamides is 1. The first kappa shape index (κ1) is 14.0. The van der Waals surface area contributed by atoms with Gasteiger partial charge in [0.2, 0.25) is 10.0 Å². The average Bonchev–Trinajstić information content (AvgIpc) is 2.83. The molecule has 0 radical (unpaired) electrons. The van der Waals surface area contributed by atoms with Gasteiger partial charge in [-0.2, -0.15) is 4.31 Å². The smallest absolute Gasteiger partial charge is 0.244 e. The Morgan fingerprint density at radius 1 is 1.19 bits per heavy atom. The van der Waals surface area contributed by atoms with Crippen molar-refractivity contribution in [3.8, 4) is 0 Å². The molecule has 0 bridgehead atoms. The average molecular weight is 307 g/mol. The van der Waals surface area contributed by atoms with E-state index in [0.717, 1.165) is 0 Å². The molecule has 1 aliphatic heterocycles. The maximum Gasteiger partial charge on any atom is 0.244 e. The van der Waals surface area contributed by atoms with Crippen molar-refractivity contribution in [1.82, 2.24) is 19.1 Å².